The van der Waals surface area contributed by atoms with Gasteiger partial charge in [0, 0.05) is 36.6 Å². The fraction of sp³-hybridized carbons (Fsp3) is 0.276. The van der Waals surface area contributed by atoms with Crippen molar-refractivity contribution in [3.63, 3.8) is 0 Å². The van der Waals surface area contributed by atoms with Crippen LogP contribution >= 0.6 is 0 Å². The second-order valence-electron chi connectivity index (χ2n) is 10.2. The van der Waals surface area contributed by atoms with E-state index in [1.165, 1.54) is 6.08 Å². The average molecular weight is 495 g/mol. The number of benzene rings is 2. The summed E-state index contributed by atoms with van der Waals surface area (Å²) in [7, 11) is 2.09. The van der Waals surface area contributed by atoms with E-state index in [1.807, 2.05) is 70.1 Å². The van der Waals surface area contributed by atoms with E-state index < -0.39 is 5.60 Å². The predicted octanol–water partition coefficient (Wildman–Crippen LogP) is 3.38. The van der Waals surface area contributed by atoms with Crippen molar-refractivity contribution in [3.05, 3.63) is 96.6 Å². The third-order valence-electron chi connectivity index (χ3n) is 8.00. The summed E-state index contributed by atoms with van der Waals surface area (Å²) in [5.74, 6) is 1.04. The number of nitrogens with zero attached hydrogens (tertiary/aromatic N) is 5. The number of imidazole rings is 1. The lowest BCUT2D eigenvalue weighted by Crippen LogP contribution is -2.49. The molecule has 2 aromatic heterocycles. The van der Waals surface area contributed by atoms with Crippen LogP contribution in [0.5, 0.6) is 0 Å². The molecule has 6 rings (SSSR count). The number of nitrogens with two attached hydrogens (primary N) is 1. The molecule has 0 radical (unpaired) electrons. The van der Waals surface area contributed by atoms with Crippen LogP contribution in [0.4, 0.5) is 5.82 Å². The Kier molecular flexibility index (Phi) is 5.40. The molecule has 0 spiro atoms. The lowest BCUT2D eigenvalue weighted by Gasteiger charge is -2.38. The van der Waals surface area contributed by atoms with Crippen molar-refractivity contribution in [1.29, 1.82) is 0 Å². The summed E-state index contributed by atoms with van der Waals surface area (Å²) in [6, 6.07) is 17.4. The molecule has 188 valence electrons. The van der Waals surface area contributed by atoms with Gasteiger partial charge in [0.25, 0.3) is 0 Å². The summed E-state index contributed by atoms with van der Waals surface area (Å²) in [6.07, 6.45) is 5.80. The smallest absolute Gasteiger partial charge is 0.246 e. The summed E-state index contributed by atoms with van der Waals surface area (Å²) in [4.78, 5) is 26.6. The molecule has 2 saturated heterocycles. The van der Waals surface area contributed by atoms with Gasteiger partial charge >= 0.3 is 0 Å². The molecule has 2 aliphatic rings. The Morgan fingerprint density at radius 3 is 2.57 bits per heavy atom. The molecule has 8 nitrogen and oxygen atoms in total. The monoisotopic (exact) mass is 494 g/mol. The molecule has 8 heteroatoms. The quantitative estimate of drug-likeness (QED) is 0.413. The van der Waals surface area contributed by atoms with Crippen molar-refractivity contribution >= 4 is 17.2 Å². The van der Waals surface area contributed by atoms with Crippen molar-refractivity contribution in [2.24, 2.45) is 0 Å². The van der Waals surface area contributed by atoms with Crippen LogP contribution in [0, 0.1) is 0 Å². The number of amides is 1. The number of fused-ring (bicyclic) bond motifs is 3. The number of likely N-dealkylation sites (N-methyl/N-ethyl adjacent to an activating group) is 1. The molecule has 4 heterocycles. The number of carbonyl (C=O) groups excluding carboxylic acids is 1. The second kappa shape index (κ2) is 8.54. The Morgan fingerprint density at radius 1 is 1.16 bits per heavy atom. The zero-order valence-electron chi connectivity index (χ0n) is 21.0. The highest BCUT2D eigenvalue weighted by Crippen LogP contribution is 2.45. The van der Waals surface area contributed by atoms with E-state index in [0.717, 1.165) is 35.5 Å². The second-order valence-corrected chi connectivity index (χ2v) is 10.2. The van der Waals surface area contributed by atoms with Gasteiger partial charge in [-0.2, -0.15) is 0 Å². The van der Waals surface area contributed by atoms with E-state index in [0.29, 0.717) is 17.0 Å². The van der Waals surface area contributed by atoms with Crippen molar-refractivity contribution in [2.75, 3.05) is 19.3 Å². The number of likely N-dealkylation sites (tertiary alicyclic amines) is 2. The fourth-order valence-corrected chi connectivity index (χ4v) is 6.08. The maximum absolute atomic E-state index is 12.9. The van der Waals surface area contributed by atoms with Crippen molar-refractivity contribution in [3.8, 4) is 11.3 Å². The SMILES string of the molecule is C=CC(=O)N1C(c2nc(-c3ccc(C(C)(O)c4ccccc4)cc3)c3c(N)nccn23)[C@@H]2C[C@H]1CN2C. The topological polar surface area (TPSA) is 100.0 Å². The zero-order valence-corrected chi connectivity index (χ0v) is 21.0. The van der Waals surface area contributed by atoms with Crippen molar-refractivity contribution < 1.29 is 9.90 Å². The highest BCUT2D eigenvalue weighted by Gasteiger charge is 2.52. The molecule has 1 amide bonds. The molecule has 2 unspecified atom stereocenters. The van der Waals surface area contributed by atoms with Crippen LogP contribution in [0.2, 0.25) is 0 Å². The first-order valence-corrected chi connectivity index (χ1v) is 12.5. The largest absolute Gasteiger partial charge is 0.382 e. The van der Waals surface area contributed by atoms with E-state index in [4.69, 9.17) is 10.7 Å². The lowest BCUT2D eigenvalue weighted by molar-refractivity contribution is -0.131. The molecule has 2 fully saturated rings. The summed E-state index contributed by atoms with van der Waals surface area (Å²) < 4.78 is 1.97. The fourth-order valence-electron chi connectivity index (χ4n) is 6.08. The van der Waals surface area contributed by atoms with Crippen LogP contribution in [0.25, 0.3) is 16.8 Å². The number of nitrogen functional groups attached to an aromatic ring is 1. The normalized spacial score (nSPS) is 22.9. The predicted molar refractivity (Wildman–Crippen MR) is 143 cm³/mol. The molecule has 4 atom stereocenters. The van der Waals surface area contributed by atoms with Gasteiger partial charge in [-0.3, -0.25) is 14.1 Å². The van der Waals surface area contributed by atoms with Gasteiger partial charge < -0.3 is 15.7 Å². The van der Waals surface area contributed by atoms with Crippen LogP contribution in [0.1, 0.15) is 36.3 Å². The van der Waals surface area contributed by atoms with E-state index in [9.17, 15) is 9.90 Å². The highest BCUT2D eigenvalue weighted by atomic mass is 16.3. The first-order valence-electron chi connectivity index (χ1n) is 12.5. The first-order chi connectivity index (χ1) is 17.8. The zero-order chi connectivity index (χ0) is 25.9. The number of carbonyl (C=O) groups is 1. The van der Waals surface area contributed by atoms with Crippen molar-refractivity contribution in [1.82, 2.24) is 24.2 Å². The average Bonchev–Trinajstić information content (AvgIpc) is 3.60. The van der Waals surface area contributed by atoms with E-state index >= 15 is 0 Å². The van der Waals surface area contributed by atoms with E-state index in [-0.39, 0.29) is 24.0 Å². The summed E-state index contributed by atoms with van der Waals surface area (Å²) in [5, 5.41) is 11.3. The van der Waals surface area contributed by atoms with Gasteiger partial charge in [-0.15, -0.1) is 0 Å². The molecule has 0 aliphatic carbocycles. The minimum atomic E-state index is -1.14. The number of aromatic nitrogens is 3. The maximum atomic E-state index is 12.9. The number of aliphatic hydroxyl groups is 1. The highest BCUT2D eigenvalue weighted by molar-refractivity contribution is 5.89. The Hall–Kier alpha value is -4.01. The van der Waals surface area contributed by atoms with Crippen LogP contribution < -0.4 is 5.73 Å². The molecule has 2 bridgehead atoms. The van der Waals surface area contributed by atoms with Gasteiger partial charge in [0.15, 0.2) is 0 Å². The number of hydrogen-bond acceptors (Lipinski definition) is 6. The number of hydrogen-bond donors (Lipinski definition) is 2. The molecule has 4 aromatic rings. The van der Waals surface area contributed by atoms with Gasteiger partial charge in [-0.1, -0.05) is 61.2 Å². The molecule has 2 aromatic carbocycles. The molecular weight excluding hydrogens is 464 g/mol. The Labute approximate surface area is 215 Å². The number of piperazine rings is 1. The number of anilines is 1. The first kappa shape index (κ1) is 23.4. The third kappa shape index (κ3) is 3.55. The van der Waals surface area contributed by atoms with Gasteiger partial charge in [-0.05, 0) is 37.6 Å². The van der Waals surface area contributed by atoms with Crippen LogP contribution in [0.3, 0.4) is 0 Å². The lowest BCUT2D eigenvalue weighted by atomic mass is 9.87. The third-order valence-corrected chi connectivity index (χ3v) is 8.00. The van der Waals surface area contributed by atoms with E-state index in [1.54, 1.807) is 13.1 Å². The standard InChI is InChI=1S/C29H30N6O2/c1-4-23(36)35-21-16-22(33(3)17-21)25(35)28-32-24(26-27(30)31-14-15-34(26)28)18-10-12-20(13-11-18)29(2,37)19-8-6-5-7-9-19/h4-15,21-22,25,37H,1,16-17H2,2-3H3,(H2,30,31)/t21-,22-,25?,29?/m0/s1. The molecule has 3 N–H and O–H groups in total. The molecule has 37 heavy (non-hydrogen) atoms. The van der Waals surface area contributed by atoms with Gasteiger partial charge in [-0.25, -0.2) is 9.97 Å². The van der Waals surface area contributed by atoms with E-state index in [2.05, 4.69) is 23.5 Å². The number of rotatable bonds is 5. The van der Waals surface area contributed by atoms with Crippen molar-refractivity contribution in [2.45, 2.75) is 37.1 Å². The molecular formula is C29H30N6O2. The minimum Gasteiger partial charge on any atom is -0.382 e. The van der Waals surface area contributed by atoms with Crippen LogP contribution in [0.15, 0.2) is 79.6 Å². The summed E-state index contributed by atoms with van der Waals surface area (Å²) in [6.45, 7) is 6.36. The molecule has 2 aliphatic heterocycles. The van der Waals surface area contributed by atoms with Crippen LogP contribution in [-0.4, -0.2) is 60.9 Å². The molecule has 0 saturated carbocycles. The van der Waals surface area contributed by atoms with Gasteiger partial charge in [0.2, 0.25) is 5.91 Å². The summed E-state index contributed by atoms with van der Waals surface area (Å²) in [5.41, 5.74) is 9.10. The van der Waals surface area contributed by atoms with Gasteiger partial charge in [0.05, 0.1) is 0 Å². The Bertz CT molecular complexity index is 1490. The summed E-state index contributed by atoms with van der Waals surface area (Å²) >= 11 is 0. The van der Waals surface area contributed by atoms with Crippen LogP contribution in [-0.2, 0) is 10.4 Å². The Morgan fingerprint density at radius 2 is 1.86 bits per heavy atom. The van der Waals surface area contributed by atoms with Gasteiger partial charge in [0.1, 0.15) is 34.5 Å². The maximum Gasteiger partial charge on any atom is 0.246 e. The Balaban J connectivity index is 1.46. The minimum absolute atomic E-state index is 0.0848.